The summed E-state index contributed by atoms with van der Waals surface area (Å²) in [5.41, 5.74) is 0.570. The van der Waals surface area contributed by atoms with Gasteiger partial charge in [-0.25, -0.2) is 13.2 Å². The summed E-state index contributed by atoms with van der Waals surface area (Å²) >= 11 is 0. The molecule has 2 amide bonds. The monoisotopic (exact) mass is 284 g/mol. The lowest BCUT2D eigenvalue weighted by Gasteiger charge is -2.07. The molecule has 0 aliphatic carbocycles. The Labute approximate surface area is 114 Å². The number of hydrogen-bond acceptors (Lipinski definition) is 3. The van der Waals surface area contributed by atoms with Gasteiger partial charge in [-0.05, 0) is 30.7 Å². The maximum Gasteiger partial charge on any atom is 0.319 e. The van der Waals surface area contributed by atoms with E-state index < -0.39 is 9.84 Å². The summed E-state index contributed by atoms with van der Waals surface area (Å²) in [7, 11) is -3.20. The van der Waals surface area contributed by atoms with Gasteiger partial charge in [0.1, 0.15) is 0 Å². The summed E-state index contributed by atoms with van der Waals surface area (Å²) in [6.07, 6.45) is 4.30. The van der Waals surface area contributed by atoms with Crippen LogP contribution >= 0.6 is 0 Å². The molecule has 5 nitrogen and oxygen atoms in total. The lowest BCUT2D eigenvalue weighted by Crippen LogP contribution is -2.29. The van der Waals surface area contributed by atoms with Crippen LogP contribution in [-0.4, -0.2) is 27.2 Å². The topological polar surface area (TPSA) is 75.3 Å². The molecule has 0 saturated carbocycles. The molecule has 1 aromatic carbocycles. The molecule has 0 atom stereocenters. The SMILES string of the molecule is CCCCCNC(=O)Nc1ccc(S(C)(=O)=O)cc1. The zero-order valence-electron chi connectivity index (χ0n) is 11.3. The van der Waals surface area contributed by atoms with E-state index in [9.17, 15) is 13.2 Å². The average Bonchev–Trinajstić information content (AvgIpc) is 2.34. The first-order valence-corrected chi connectivity index (χ1v) is 8.17. The van der Waals surface area contributed by atoms with Gasteiger partial charge in [-0.3, -0.25) is 0 Å². The number of anilines is 1. The fourth-order valence-corrected chi connectivity index (χ4v) is 2.17. The maximum absolute atomic E-state index is 11.5. The van der Waals surface area contributed by atoms with Crippen molar-refractivity contribution in [2.24, 2.45) is 0 Å². The van der Waals surface area contributed by atoms with Crippen LogP contribution in [0.3, 0.4) is 0 Å². The van der Waals surface area contributed by atoms with Crippen molar-refractivity contribution >= 4 is 21.6 Å². The summed E-state index contributed by atoms with van der Waals surface area (Å²) in [6.45, 7) is 2.74. The highest BCUT2D eigenvalue weighted by Crippen LogP contribution is 2.13. The van der Waals surface area contributed by atoms with Crippen molar-refractivity contribution in [1.29, 1.82) is 0 Å². The van der Waals surface area contributed by atoms with E-state index in [1.807, 2.05) is 0 Å². The molecular weight excluding hydrogens is 264 g/mol. The van der Waals surface area contributed by atoms with Crippen LogP contribution in [0.5, 0.6) is 0 Å². The van der Waals surface area contributed by atoms with Gasteiger partial charge in [-0.1, -0.05) is 19.8 Å². The minimum absolute atomic E-state index is 0.237. The van der Waals surface area contributed by atoms with Crippen molar-refractivity contribution < 1.29 is 13.2 Å². The number of urea groups is 1. The number of benzene rings is 1. The van der Waals surface area contributed by atoms with Crippen molar-refractivity contribution in [3.8, 4) is 0 Å². The normalized spacial score (nSPS) is 11.1. The molecule has 6 heteroatoms. The standard InChI is InChI=1S/C13H20N2O3S/c1-3-4-5-10-14-13(16)15-11-6-8-12(9-7-11)19(2,17)18/h6-9H,3-5,10H2,1-2H3,(H2,14,15,16). The van der Waals surface area contributed by atoms with Crippen LogP contribution in [0.2, 0.25) is 0 Å². The number of unbranched alkanes of at least 4 members (excludes halogenated alkanes) is 2. The molecule has 2 N–H and O–H groups in total. The Kier molecular flexibility index (Phi) is 5.82. The summed E-state index contributed by atoms with van der Waals surface area (Å²) in [4.78, 5) is 11.8. The van der Waals surface area contributed by atoms with E-state index in [1.165, 1.54) is 12.1 Å². The molecular formula is C13H20N2O3S. The summed E-state index contributed by atoms with van der Waals surface area (Å²) in [5, 5.41) is 5.40. The Morgan fingerprint density at radius 1 is 1.16 bits per heavy atom. The Balaban J connectivity index is 2.47. The quantitative estimate of drug-likeness (QED) is 0.788. The van der Waals surface area contributed by atoms with Crippen LogP contribution in [-0.2, 0) is 9.84 Å². The van der Waals surface area contributed by atoms with Gasteiger partial charge in [0, 0.05) is 18.5 Å². The van der Waals surface area contributed by atoms with Crippen LogP contribution in [0, 0.1) is 0 Å². The van der Waals surface area contributed by atoms with Crippen LogP contribution in [0.1, 0.15) is 26.2 Å². The van der Waals surface area contributed by atoms with Gasteiger partial charge in [0.2, 0.25) is 0 Å². The first kappa shape index (κ1) is 15.5. The zero-order valence-corrected chi connectivity index (χ0v) is 12.1. The van der Waals surface area contributed by atoms with Gasteiger partial charge in [0.15, 0.2) is 9.84 Å². The molecule has 0 spiro atoms. The molecule has 0 unspecified atom stereocenters. The van der Waals surface area contributed by atoms with Gasteiger partial charge in [0.05, 0.1) is 4.90 Å². The highest BCUT2D eigenvalue weighted by molar-refractivity contribution is 7.90. The average molecular weight is 284 g/mol. The highest BCUT2D eigenvalue weighted by Gasteiger charge is 2.07. The third-order valence-electron chi connectivity index (χ3n) is 2.61. The second kappa shape index (κ2) is 7.13. The Bertz CT molecular complexity index is 509. The van der Waals surface area contributed by atoms with Crippen molar-refractivity contribution in [2.75, 3.05) is 18.1 Å². The maximum atomic E-state index is 11.5. The van der Waals surface area contributed by atoms with E-state index >= 15 is 0 Å². The molecule has 19 heavy (non-hydrogen) atoms. The smallest absolute Gasteiger partial charge is 0.319 e. The molecule has 1 rings (SSSR count). The lowest BCUT2D eigenvalue weighted by atomic mass is 10.2. The van der Waals surface area contributed by atoms with Crippen LogP contribution < -0.4 is 10.6 Å². The second-order valence-electron chi connectivity index (χ2n) is 4.38. The number of rotatable bonds is 6. The predicted molar refractivity (Wildman–Crippen MR) is 76.1 cm³/mol. The third kappa shape index (κ3) is 5.74. The molecule has 0 aliphatic heterocycles. The van der Waals surface area contributed by atoms with E-state index in [-0.39, 0.29) is 10.9 Å². The minimum Gasteiger partial charge on any atom is -0.338 e. The second-order valence-corrected chi connectivity index (χ2v) is 6.40. The minimum atomic E-state index is -3.20. The lowest BCUT2D eigenvalue weighted by molar-refractivity contribution is 0.252. The number of sulfone groups is 1. The van der Waals surface area contributed by atoms with Gasteiger partial charge in [-0.2, -0.15) is 0 Å². The number of hydrogen-bond donors (Lipinski definition) is 2. The molecule has 0 aliphatic rings. The van der Waals surface area contributed by atoms with E-state index in [2.05, 4.69) is 17.6 Å². The fourth-order valence-electron chi connectivity index (χ4n) is 1.54. The van der Waals surface area contributed by atoms with Crippen molar-refractivity contribution in [3.05, 3.63) is 24.3 Å². The van der Waals surface area contributed by atoms with Gasteiger partial charge < -0.3 is 10.6 Å². The Morgan fingerprint density at radius 2 is 1.79 bits per heavy atom. The number of carbonyl (C=O) groups excluding carboxylic acids is 1. The molecule has 0 saturated heterocycles. The number of amides is 2. The molecule has 0 bridgehead atoms. The molecule has 1 aromatic rings. The van der Waals surface area contributed by atoms with Gasteiger partial charge in [0.25, 0.3) is 0 Å². The molecule has 106 valence electrons. The largest absolute Gasteiger partial charge is 0.338 e. The van der Waals surface area contributed by atoms with Crippen molar-refractivity contribution in [1.82, 2.24) is 5.32 Å². The van der Waals surface area contributed by atoms with Gasteiger partial charge in [-0.15, -0.1) is 0 Å². The highest BCUT2D eigenvalue weighted by atomic mass is 32.2. The summed E-state index contributed by atoms with van der Waals surface area (Å²) in [5.74, 6) is 0. The van der Waals surface area contributed by atoms with Crippen LogP contribution in [0.25, 0.3) is 0 Å². The van der Waals surface area contributed by atoms with E-state index in [1.54, 1.807) is 12.1 Å². The Hall–Kier alpha value is -1.56. The fraction of sp³-hybridized carbons (Fsp3) is 0.462. The molecule has 0 fully saturated rings. The summed E-state index contributed by atoms with van der Waals surface area (Å²) < 4.78 is 22.5. The van der Waals surface area contributed by atoms with E-state index in [0.29, 0.717) is 12.2 Å². The van der Waals surface area contributed by atoms with Crippen molar-refractivity contribution in [3.63, 3.8) is 0 Å². The van der Waals surface area contributed by atoms with Crippen LogP contribution in [0.15, 0.2) is 29.2 Å². The van der Waals surface area contributed by atoms with Crippen molar-refractivity contribution in [2.45, 2.75) is 31.1 Å². The molecule has 0 radical (unpaired) electrons. The molecule has 0 aromatic heterocycles. The Morgan fingerprint density at radius 3 is 2.32 bits per heavy atom. The first-order valence-electron chi connectivity index (χ1n) is 6.28. The predicted octanol–water partition coefficient (Wildman–Crippen LogP) is 2.40. The van der Waals surface area contributed by atoms with E-state index in [4.69, 9.17) is 0 Å². The zero-order chi connectivity index (χ0) is 14.3. The summed E-state index contributed by atoms with van der Waals surface area (Å²) in [6, 6.07) is 5.82. The number of nitrogens with one attached hydrogen (secondary N) is 2. The third-order valence-corrected chi connectivity index (χ3v) is 3.73. The first-order chi connectivity index (χ1) is 8.93. The molecule has 0 heterocycles. The number of carbonyl (C=O) groups is 1. The van der Waals surface area contributed by atoms with Gasteiger partial charge >= 0.3 is 6.03 Å². The van der Waals surface area contributed by atoms with Crippen LogP contribution in [0.4, 0.5) is 10.5 Å². The van der Waals surface area contributed by atoms with E-state index in [0.717, 1.165) is 25.5 Å².